The molecule has 4 heteroatoms. The molecule has 116 valence electrons. The molecule has 0 amide bonds. The molecule has 0 aromatic carbocycles. The number of likely N-dealkylation sites (tertiary alicyclic amines) is 1. The maximum Gasteiger partial charge on any atom is 0.0595 e. The summed E-state index contributed by atoms with van der Waals surface area (Å²) in [5, 5.41) is 3.75. The van der Waals surface area contributed by atoms with Crippen LogP contribution in [0.5, 0.6) is 0 Å². The molecule has 1 saturated carbocycles. The molecular weight excluding hydrogens is 252 g/mol. The Hall–Kier alpha value is -0.160. The lowest BCUT2D eigenvalue weighted by Gasteiger charge is -2.43. The second kappa shape index (κ2) is 6.73. The van der Waals surface area contributed by atoms with E-state index in [1.165, 1.54) is 58.2 Å². The molecule has 2 heterocycles. The Morgan fingerprint density at radius 2 is 2.05 bits per heavy atom. The molecule has 4 nitrogen and oxygen atoms in total. The maximum atomic E-state index is 5.83. The first-order valence-electron chi connectivity index (χ1n) is 8.36. The van der Waals surface area contributed by atoms with Gasteiger partial charge in [0.05, 0.1) is 12.7 Å². The van der Waals surface area contributed by atoms with Crippen LogP contribution in [0.3, 0.4) is 0 Å². The summed E-state index contributed by atoms with van der Waals surface area (Å²) in [6.45, 7) is 6.60. The Bertz CT molecular complexity index is 293. The van der Waals surface area contributed by atoms with E-state index in [-0.39, 0.29) is 0 Å². The van der Waals surface area contributed by atoms with Crippen molar-refractivity contribution in [1.29, 1.82) is 0 Å². The number of hydrogen-bond acceptors (Lipinski definition) is 4. The smallest absolute Gasteiger partial charge is 0.0595 e. The molecule has 0 bridgehead atoms. The number of hydrogen-bond donors (Lipinski definition) is 1. The van der Waals surface area contributed by atoms with Crippen molar-refractivity contribution >= 4 is 0 Å². The Labute approximate surface area is 123 Å². The Balaban J connectivity index is 1.52. The van der Waals surface area contributed by atoms with Crippen LogP contribution in [-0.2, 0) is 9.47 Å². The van der Waals surface area contributed by atoms with E-state index in [1.54, 1.807) is 0 Å². The minimum Gasteiger partial charge on any atom is -0.381 e. The summed E-state index contributed by atoms with van der Waals surface area (Å²) in [6, 6.07) is 0.799. The van der Waals surface area contributed by atoms with Gasteiger partial charge in [-0.3, -0.25) is 0 Å². The van der Waals surface area contributed by atoms with Crippen LogP contribution in [0.1, 0.15) is 38.5 Å². The van der Waals surface area contributed by atoms with Crippen molar-refractivity contribution in [3.05, 3.63) is 0 Å². The van der Waals surface area contributed by atoms with Crippen LogP contribution < -0.4 is 5.32 Å². The number of ether oxygens (including phenoxy) is 2. The highest BCUT2D eigenvalue weighted by molar-refractivity contribution is 4.92. The Kier molecular flexibility index (Phi) is 4.97. The summed E-state index contributed by atoms with van der Waals surface area (Å²) in [5.74, 6) is 0. The quantitative estimate of drug-likeness (QED) is 0.803. The van der Waals surface area contributed by atoms with E-state index in [1.807, 2.05) is 7.11 Å². The number of nitrogens with one attached hydrogen (secondary N) is 1. The average Bonchev–Trinajstić information content (AvgIpc) is 3.31. The molecule has 1 N–H and O–H groups in total. The SMILES string of the molecule is COC1CCN(CC2(CNC3CC3)CCCOC2)CC1. The first-order chi connectivity index (χ1) is 9.80. The fraction of sp³-hybridized carbons (Fsp3) is 1.00. The van der Waals surface area contributed by atoms with Crippen LogP contribution in [0, 0.1) is 5.41 Å². The van der Waals surface area contributed by atoms with E-state index in [9.17, 15) is 0 Å². The van der Waals surface area contributed by atoms with E-state index in [0.717, 1.165) is 25.8 Å². The number of methoxy groups -OCH3 is 1. The van der Waals surface area contributed by atoms with Gasteiger partial charge < -0.3 is 19.7 Å². The summed E-state index contributed by atoms with van der Waals surface area (Å²) < 4.78 is 11.3. The summed E-state index contributed by atoms with van der Waals surface area (Å²) in [5.41, 5.74) is 0.348. The first-order valence-corrected chi connectivity index (χ1v) is 8.36. The van der Waals surface area contributed by atoms with Crippen LogP contribution in [0.25, 0.3) is 0 Å². The summed E-state index contributed by atoms with van der Waals surface area (Å²) in [7, 11) is 1.84. The van der Waals surface area contributed by atoms with Gasteiger partial charge >= 0.3 is 0 Å². The average molecular weight is 282 g/mol. The predicted molar refractivity (Wildman–Crippen MR) is 80.0 cm³/mol. The molecule has 20 heavy (non-hydrogen) atoms. The van der Waals surface area contributed by atoms with Crippen LogP contribution in [-0.4, -0.2) is 63.5 Å². The molecule has 0 aromatic rings. The molecule has 0 radical (unpaired) electrons. The first kappa shape index (κ1) is 14.8. The third-order valence-electron chi connectivity index (χ3n) is 5.17. The molecule has 0 aromatic heterocycles. The van der Waals surface area contributed by atoms with Crippen molar-refractivity contribution in [3.63, 3.8) is 0 Å². The second-order valence-electron chi connectivity index (χ2n) is 7.02. The number of rotatable bonds is 6. The molecule has 1 aliphatic carbocycles. The third kappa shape index (κ3) is 3.94. The van der Waals surface area contributed by atoms with Crippen molar-refractivity contribution in [2.45, 2.75) is 50.7 Å². The molecule has 3 fully saturated rings. The highest BCUT2D eigenvalue weighted by atomic mass is 16.5. The van der Waals surface area contributed by atoms with Crippen molar-refractivity contribution in [2.75, 3.05) is 46.5 Å². The fourth-order valence-electron chi connectivity index (χ4n) is 3.66. The number of piperidine rings is 1. The van der Waals surface area contributed by atoms with Gasteiger partial charge in [0.1, 0.15) is 0 Å². The highest BCUT2D eigenvalue weighted by Crippen LogP contribution is 2.32. The lowest BCUT2D eigenvalue weighted by Crippen LogP contribution is -2.51. The topological polar surface area (TPSA) is 33.7 Å². The zero-order chi connectivity index (χ0) is 13.8. The van der Waals surface area contributed by atoms with E-state index >= 15 is 0 Å². The lowest BCUT2D eigenvalue weighted by atomic mass is 9.81. The minimum atomic E-state index is 0.348. The molecule has 1 atom stereocenters. The fourth-order valence-corrected chi connectivity index (χ4v) is 3.66. The maximum absolute atomic E-state index is 5.83. The van der Waals surface area contributed by atoms with Gasteiger partial charge in [-0.05, 0) is 38.5 Å². The Morgan fingerprint density at radius 1 is 1.25 bits per heavy atom. The third-order valence-corrected chi connectivity index (χ3v) is 5.17. The number of nitrogens with zero attached hydrogens (tertiary/aromatic N) is 1. The van der Waals surface area contributed by atoms with E-state index in [4.69, 9.17) is 9.47 Å². The molecule has 1 unspecified atom stereocenters. The van der Waals surface area contributed by atoms with Gasteiger partial charge in [0.15, 0.2) is 0 Å². The van der Waals surface area contributed by atoms with E-state index < -0.39 is 0 Å². The van der Waals surface area contributed by atoms with Gasteiger partial charge in [-0.2, -0.15) is 0 Å². The lowest BCUT2D eigenvalue weighted by molar-refractivity contribution is -0.0384. The highest BCUT2D eigenvalue weighted by Gasteiger charge is 2.37. The van der Waals surface area contributed by atoms with Crippen molar-refractivity contribution in [1.82, 2.24) is 10.2 Å². The van der Waals surface area contributed by atoms with Gasteiger partial charge in [-0.15, -0.1) is 0 Å². The van der Waals surface area contributed by atoms with Gasteiger partial charge in [0, 0.05) is 51.4 Å². The van der Waals surface area contributed by atoms with E-state index in [0.29, 0.717) is 11.5 Å². The molecule has 2 saturated heterocycles. The monoisotopic (exact) mass is 282 g/mol. The molecular formula is C16H30N2O2. The summed E-state index contributed by atoms with van der Waals surface area (Å²) >= 11 is 0. The van der Waals surface area contributed by atoms with Crippen molar-refractivity contribution in [2.24, 2.45) is 5.41 Å². The Morgan fingerprint density at radius 3 is 2.65 bits per heavy atom. The summed E-state index contributed by atoms with van der Waals surface area (Å²) in [4.78, 5) is 2.64. The summed E-state index contributed by atoms with van der Waals surface area (Å²) in [6.07, 6.45) is 8.13. The zero-order valence-corrected chi connectivity index (χ0v) is 12.9. The second-order valence-corrected chi connectivity index (χ2v) is 7.02. The van der Waals surface area contributed by atoms with Gasteiger partial charge in [0.2, 0.25) is 0 Å². The standard InChI is InChI=1S/C16H30N2O2/c1-19-15-5-8-18(9-6-15)12-16(7-2-10-20-13-16)11-17-14-3-4-14/h14-15,17H,2-13H2,1H3. The molecule has 3 aliphatic rings. The van der Waals surface area contributed by atoms with Gasteiger partial charge in [0.25, 0.3) is 0 Å². The van der Waals surface area contributed by atoms with Crippen LogP contribution in [0.15, 0.2) is 0 Å². The molecule has 0 spiro atoms. The largest absolute Gasteiger partial charge is 0.381 e. The zero-order valence-electron chi connectivity index (χ0n) is 12.9. The van der Waals surface area contributed by atoms with Crippen molar-refractivity contribution < 1.29 is 9.47 Å². The van der Waals surface area contributed by atoms with Gasteiger partial charge in [-0.1, -0.05) is 0 Å². The van der Waals surface area contributed by atoms with E-state index in [2.05, 4.69) is 10.2 Å². The predicted octanol–water partition coefficient (Wildman–Crippen LogP) is 1.65. The molecule has 3 rings (SSSR count). The molecule has 2 aliphatic heterocycles. The van der Waals surface area contributed by atoms with Crippen LogP contribution >= 0.6 is 0 Å². The normalized spacial score (nSPS) is 33.5. The van der Waals surface area contributed by atoms with Crippen molar-refractivity contribution in [3.8, 4) is 0 Å². The van der Waals surface area contributed by atoms with Gasteiger partial charge in [-0.25, -0.2) is 0 Å². The minimum absolute atomic E-state index is 0.348. The van der Waals surface area contributed by atoms with Crippen LogP contribution in [0.2, 0.25) is 0 Å². The van der Waals surface area contributed by atoms with Crippen LogP contribution in [0.4, 0.5) is 0 Å².